The quantitative estimate of drug-likeness (QED) is 0.655. The number of hydrogen-bond donors (Lipinski definition) is 1. The second-order valence-corrected chi connectivity index (χ2v) is 8.19. The van der Waals surface area contributed by atoms with Gasteiger partial charge in [0, 0.05) is 10.1 Å². The molecule has 0 aliphatic carbocycles. The Balaban J connectivity index is 2.23. The lowest BCUT2D eigenvalue weighted by Crippen LogP contribution is -2.17. The van der Waals surface area contributed by atoms with E-state index in [0.29, 0.717) is 16.0 Å². The fourth-order valence-corrected chi connectivity index (χ4v) is 5.50. The summed E-state index contributed by atoms with van der Waals surface area (Å²) >= 11 is 0.894. The third-order valence-corrected chi connectivity index (χ3v) is 6.44. The SMILES string of the molecule is CCOC(=O)c1sc2cccc(F)c2c1S(=O)(=O)Nc1ccccc1C. The largest absolute Gasteiger partial charge is 0.462 e. The summed E-state index contributed by atoms with van der Waals surface area (Å²) in [6.07, 6.45) is 0. The van der Waals surface area contributed by atoms with Gasteiger partial charge in [-0.25, -0.2) is 17.6 Å². The van der Waals surface area contributed by atoms with Crippen LogP contribution in [0.4, 0.5) is 10.1 Å². The molecule has 0 radical (unpaired) electrons. The van der Waals surface area contributed by atoms with E-state index < -0.39 is 26.7 Å². The first-order chi connectivity index (χ1) is 12.3. The summed E-state index contributed by atoms with van der Waals surface area (Å²) in [5, 5.41) is -0.110. The van der Waals surface area contributed by atoms with Crippen LogP contribution in [0.2, 0.25) is 0 Å². The molecule has 0 saturated carbocycles. The van der Waals surface area contributed by atoms with Crippen molar-refractivity contribution in [1.82, 2.24) is 0 Å². The second-order valence-electron chi connectivity index (χ2n) is 5.51. The van der Waals surface area contributed by atoms with Crippen molar-refractivity contribution >= 4 is 43.1 Å². The monoisotopic (exact) mass is 393 g/mol. The van der Waals surface area contributed by atoms with Gasteiger partial charge in [-0.15, -0.1) is 11.3 Å². The van der Waals surface area contributed by atoms with Crippen molar-refractivity contribution in [3.63, 3.8) is 0 Å². The maximum atomic E-state index is 14.4. The third kappa shape index (κ3) is 3.30. The number of carbonyl (C=O) groups excluding carboxylic acids is 1. The molecule has 1 N–H and O–H groups in total. The van der Waals surface area contributed by atoms with E-state index in [1.54, 1.807) is 44.2 Å². The van der Waals surface area contributed by atoms with Crippen LogP contribution in [0, 0.1) is 12.7 Å². The number of rotatable bonds is 5. The van der Waals surface area contributed by atoms with Gasteiger partial charge in [0.1, 0.15) is 15.6 Å². The van der Waals surface area contributed by atoms with E-state index in [9.17, 15) is 17.6 Å². The molecule has 0 aliphatic heterocycles. The molecule has 0 atom stereocenters. The van der Waals surface area contributed by atoms with E-state index in [2.05, 4.69) is 4.72 Å². The van der Waals surface area contributed by atoms with E-state index in [1.807, 2.05) is 0 Å². The first-order valence-corrected chi connectivity index (χ1v) is 10.1. The summed E-state index contributed by atoms with van der Waals surface area (Å²) in [4.78, 5) is 11.7. The third-order valence-electron chi connectivity index (χ3n) is 3.74. The van der Waals surface area contributed by atoms with Gasteiger partial charge < -0.3 is 4.74 Å². The number of benzene rings is 2. The van der Waals surface area contributed by atoms with Gasteiger partial charge >= 0.3 is 5.97 Å². The number of ether oxygens (including phenoxy) is 1. The predicted molar refractivity (Wildman–Crippen MR) is 99.7 cm³/mol. The van der Waals surface area contributed by atoms with Gasteiger partial charge in [-0.3, -0.25) is 4.72 Å². The fourth-order valence-electron chi connectivity index (χ4n) is 2.55. The Bertz CT molecular complexity index is 1090. The average Bonchev–Trinajstić information content (AvgIpc) is 2.99. The van der Waals surface area contributed by atoms with Gasteiger partial charge in [-0.1, -0.05) is 24.3 Å². The molecule has 0 bridgehead atoms. The Morgan fingerprint density at radius 1 is 1.19 bits per heavy atom. The summed E-state index contributed by atoms with van der Waals surface area (Å²) in [5.74, 6) is -1.50. The first-order valence-electron chi connectivity index (χ1n) is 7.81. The van der Waals surface area contributed by atoms with Crippen molar-refractivity contribution in [2.75, 3.05) is 11.3 Å². The second kappa shape index (κ2) is 7.05. The summed E-state index contributed by atoms with van der Waals surface area (Å²) in [6.45, 7) is 3.45. The number of halogens is 1. The maximum absolute atomic E-state index is 14.4. The Morgan fingerprint density at radius 2 is 1.92 bits per heavy atom. The van der Waals surface area contributed by atoms with Crippen molar-refractivity contribution in [2.24, 2.45) is 0 Å². The van der Waals surface area contributed by atoms with E-state index in [-0.39, 0.29) is 16.9 Å². The fraction of sp³-hybridized carbons (Fsp3) is 0.167. The van der Waals surface area contributed by atoms with Crippen LogP contribution in [0.25, 0.3) is 10.1 Å². The van der Waals surface area contributed by atoms with Crippen LogP contribution < -0.4 is 4.72 Å². The van der Waals surface area contributed by atoms with Crippen molar-refractivity contribution < 1.29 is 22.3 Å². The molecular formula is C18H16FNO4S2. The van der Waals surface area contributed by atoms with E-state index in [4.69, 9.17) is 4.74 Å². The Labute approximate surface area is 154 Å². The molecule has 0 amide bonds. The van der Waals surface area contributed by atoms with E-state index in [1.165, 1.54) is 6.07 Å². The summed E-state index contributed by atoms with van der Waals surface area (Å²) in [6, 6.07) is 11.0. The molecule has 2 aromatic carbocycles. The highest BCUT2D eigenvalue weighted by molar-refractivity contribution is 7.93. The van der Waals surface area contributed by atoms with Gasteiger partial charge in [0.05, 0.1) is 12.3 Å². The number of nitrogens with one attached hydrogen (secondary N) is 1. The molecule has 0 fully saturated rings. The number of para-hydroxylation sites is 1. The van der Waals surface area contributed by atoms with Crippen LogP contribution in [0.3, 0.4) is 0 Å². The first kappa shape index (κ1) is 18.3. The van der Waals surface area contributed by atoms with Crippen LogP contribution >= 0.6 is 11.3 Å². The number of carbonyl (C=O) groups is 1. The highest BCUT2D eigenvalue weighted by Gasteiger charge is 2.31. The zero-order chi connectivity index (χ0) is 18.9. The van der Waals surface area contributed by atoms with Crippen LogP contribution in [-0.4, -0.2) is 21.0 Å². The number of esters is 1. The van der Waals surface area contributed by atoms with E-state index in [0.717, 1.165) is 17.4 Å². The molecule has 1 aromatic heterocycles. The normalized spacial score (nSPS) is 11.5. The molecule has 3 rings (SSSR count). The average molecular weight is 393 g/mol. The topological polar surface area (TPSA) is 72.5 Å². The van der Waals surface area contributed by atoms with Crippen molar-refractivity contribution in [2.45, 2.75) is 18.7 Å². The molecule has 26 heavy (non-hydrogen) atoms. The molecular weight excluding hydrogens is 377 g/mol. The molecule has 8 heteroatoms. The van der Waals surface area contributed by atoms with Crippen molar-refractivity contribution in [3.8, 4) is 0 Å². The van der Waals surface area contributed by atoms with Gasteiger partial charge in [0.2, 0.25) is 0 Å². The number of aryl methyl sites for hydroxylation is 1. The summed E-state index contributed by atoms with van der Waals surface area (Å²) in [5.41, 5.74) is 1.06. The van der Waals surface area contributed by atoms with Crippen molar-refractivity contribution in [3.05, 3.63) is 58.7 Å². The van der Waals surface area contributed by atoms with Crippen LogP contribution in [-0.2, 0) is 14.8 Å². The number of anilines is 1. The predicted octanol–water partition coefficient (Wildman–Crippen LogP) is 4.33. The number of sulfonamides is 1. The van der Waals surface area contributed by atoms with Gasteiger partial charge in [0.15, 0.2) is 0 Å². The molecule has 0 unspecified atom stereocenters. The minimum atomic E-state index is -4.22. The smallest absolute Gasteiger partial charge is 0.349 e. The molecule has 0 saturated heterocycles. The molecule has 3 aromatic rings. The van der Waals surface area contributed by atoms with Crippen molar-refractivity contribution in [1.29, 1.82) is 0 Å². The lowest BCUT2D eigenvalue weighted by molar-refractivity contribution is 0.0528. The summed E-state index contributed by atoms with van der Waals surface area (Å²) in [7, 11) is -4.22. The standard InChI is InChI=1S/C18H16FNO4S2/c1-3-24-18(21)16-17(15-12(19)8-6-10-14(15)25-16)26(22,23)20-13-9-5-4-7-11(13)2/h4-10,20H,3H2,1-2H3. The highest BCUT2D eigenvalue weighted by atomic mass is 32.2. The minimum Gasteiger partial charge on any atom is -0.462 e. The highest BCUT2D eigenvalue weighted by Crippen LogP contribution is 2.38. The Kier molecular flexibility index (Phi) is 4.97. The van der Waals surface area contributed by atoms with Crippen LogP contribution in [0.1, 0.15) is 22.2 Å². The number of thiophene rings is 1. The Hall–Kier alpha value is -2.45. The molecule has 1 heterocycles. The Morgan fingerprint density at radius 3 is 2.62 bits per heavy atom. The molecule has 0 spiro atoms. The molecule has 5 nitrogen and oxygen atoms in total. The van der Waals surface area contributed by atoms with E-state index >= 15 is 0 Å². The van der Waals surface area contributed by atoms with Gasteiger partial charge in [-0.05, 0) is 37.6 Å². The molecule has 136 valence electrons. The van der Waals surface area contributed by atoms with Crippen LogP contribution in [0.15, 0.2) is 47.4 Å². The lowest BCUT2D eigenvalue weighted by atomic mass is 10.2. The molecule has 0 aliphatic rings. The summed E-state index contributed by atoms with van der Waals surface area (Å²) < 4.78 is 48.3. The number of fused-ring (bicyclic) bond motifs is 1. The maximum Gasteiger partial charge on any atom is 0.349 e. The van der Waals surface area contributed by atoms with Gasteiger partial charge in [0.25, 0.3) is 10.0 Å². The lowest BCUT2D eigenvalue weighted by Gasteiger charge is -2.11. The minimum absolute atomic E-state index is 0.0836. The van der Waals surface area contributed by atoms with Crippen LogP contribution in [0.5, 0.6) is 0 Å². The zero-order valence-electron chi connectivity index (χ0n) is 14.1. The van der Waals surface area contributed by atoms with Gasteiger partial charge in [-0.2, -0.15) is 0 Å². The zero-order valence-corrected chi connectivity index (χ0v) is 15.7. The number of hydrogen-bond acceptors (Lipinski definition) is 5.